The lowest BCUT2D eigenvalue weighted by Crippen LogP contribution is -2.40. The first kappa shape index (κ1) is 25.4. The van der Waals surface area contributed by atoms with Gasteiger partial charge in [0.1, 0.15) is 0 Å². The summed E-state index contributed by atoms with van der Waals surface area (Å²) in [5.74, 6) is 0.639. The monoisotopic (exact) mass is 488 g/mol. The summed E-state index contributed by atoms with van der Waals surface area (Å²) in [6, 6.07) is 16.9. The lowest BCUT2D eigenvalue weighted by Gasteiger charge is -2.36. The van der Waals surface area contributed by atoms with Crippen molar-refractivity contribution >= 4 is 42.5 Å². The van der Waals surface area contributed by atoms with E-state index in [1.807, 2.05) is 18.2 Å². The third kappa shape index (κ3) is 6.40. The molecular formula is C26H37ClN2OSSi. The van der Waals surface area contributed by atoms with Crippen molar-refractivity contribution in [1.29, 1.82) is 0 Å². The first-order valence-electron chi connectivity index (χ1n) is 11.5. The van der Waals surface area contributed by atoms with Gasteiger partial charge in [-0.2, -0.15) is 0 Å². The van der Waals surface area contributed by atoms with Crippen molar-refractivity contribution in [2.45, 2.75) is 64.3 Å². The van der Waals surface area contributed by atoms with Crippen LogP contribution in [0.5, 0.6) is 0 Å². The highest BCUT2D eigenvalue weighted by Crippen LogP contribution is 2.38. The molecule has 2 aromatic rings. The van der Waals surface area contributed by atoms with Crippen LogP contribution in [0.4, 0.5) is 5.69 Å². The Kier molecular flexibility index (Phi) is 8.53. The van der Waals surface area contributed by atoms with Crippen LogP contribution in [0.2, 0.25) is 23.2 Å². The van der Waals surface area contributed by atoms with Gasteiger partial charge >= 0.3 is 0 Å². The molecule has 0 saturated carbocycles. The highest BCUT2D eigenvalue weighted by atomic mass is 35.5. The summed E-state index contributed by atoms with van der Waals surface area (Å²) in [7, 11) is -1.86. The molecule has 0 N–H and O–H groups in total. The largest absolute Gasteiger partial charge is 0.412 e. The van der Waals surface area contributed by atoms with Crippen LogP contribution in [0.15, 0.2) is 53.5 Å². The Morgan fingerprint density at radius 2 is 1.78 bits per heavy atom. The average molecular weight is 489 g/mol. The summed E-state index contributed by atoms with van der Waals surface area (Å²) in [5.41, 5.74) is 3.48. The van der Waals surface area contributed by atoms with Gasteiger partial charge in [-0.15, -0.1) is 0 Å². The molecule has 0 unspecified atom stereocenters. The molecule has 1 saturated heterocycles. The predicted molar refractivity (Wildman–Crippen MR) is 144 cm³/mol. The van der Waals surface area contributed by atoms with Gasteiger partial charge in [0.25, 0.3) is 0 Å². The van der Waals surface area contributed by atoms with E-state index in [-0.39, 0.29) is 5.04 Å². The fourth-order valence-corrected chi connectivity index (χ4v) is 5.51. The Hall–Kier alpha value is -1.27. The molecule has 0 amide bonds. The Morgan fingerprint density at radius 3 is 2.38 bits per heavy atom. The van der Waals surface area contributed by atoms with Crippen molar-refractivity contribution in [3.63, 3.8) is 0 Å². The van der Waals surface area contributed by atoms with E-state index < -0.39 is 8.32 Å². The van der Waals surface area contributed by atoms with Gasteiger partial charge in [0.05, 0.1) is 12.3 Å². The molecule has 1 heterocycles. The Morgan fingerprint density at radius 1 is 1.12 bits per heavy atom. The standard InChI is InChI=1S/C26H37ClN2OSSi/c1-26(2,3)32(5,6)30-19-22-18-23(27)12-13-24(22)28-25(31-4)29-16-14-21(15-17-29)20-10-8-7-9-11-20/h7-13,18,21H,14-17,19H2,1-6H3/b28-25-. The average Bonchev–Trinajstić information content (AvgIpc) is 2.77. The molecule has 1 aliphatic heterocycles. The third-order valence-electron chi connectivity index (χ3n) is 6.87. The van der Waals surface area contributed by atoms with E-state index in [2.05, 4.69) is 75.4 Å². The molecule has 0 bridgehead atoms. The Labute approximate surface area is 204 Å². The molecule has 0 spiro atoms. The molecule has 2 aromatic carbocycles. The maximum Gasteiger partial charge on any atom is 0.192 e. The van der Waals surface area contributed by atoms with Crippen molar-refractivity contribution < 1.29 is 4.43 Å². The van der Waals surface area contributed by atoms with E-state index in [1.165, 1.54) is 5.56 Å². The minimum Gasteiger partial charge on any atom is -0.412 e. The van der Waals surface area contributed by atoms with Crippen LogP contribution in [0, 0.1) is 0 Å². The molecular weight excluding hydrogens is 452 g/mol. The first-order valence-corrected chi connectivity index (χ1v) is 16.0. The summed E-state index contributed by atoms with van der Waals surface area (Å²) in [4.78, 5) is 7.51. The van der Waals surface area contributed by atoms with Crippen LogP contribution in [-0.2, 0) is 11.0 Å². The predicted octanol–water partition coefficient (Wildman–Crippen LogP) is 8.09. The van der Waals surface area contributed by atoms with E-state index >= 15 is 0 Å². The van der Waals surface area contributed by atoms with Crippen LogP contribution >= 0.6 is 23.4 Å². The van der Waals surface area contributed by atoms with Crippen molar-refractivity contribution in [2.24, 2.45) is 4.99 Å². The van der Waals surface area contributed by atoms with Crippen LogP contribution in [0.3, 0.4) is 0 Å². The van der Waals surface area contributed by atoms with Crippen molar-refractivity contribution in [3.05, 3.63) is 64.7 Å². The van der Waals surface area contributed by atoms with Gasteiger partial charge in [-0.25, -0.2) is 4.99 Å². The number of hydrogen-bond acceptors (Lipinski definition) is 3. The molecule has 174 valence electrons. The number of rotatable bonds is 5. The molecule has 0 aliphatic carbocycles. The molecule has 32 heavy (non-hydrogen) atoms. The van der Waals surface area contributed by atoms with Gasteiger partial charge in [0.2, 0.25) is 0 Å². The number of nitrogens with zero attached hydrogens (tertiary/aromatic N) is 2. The zero-order valence-corrected chi connectivity index (χ0v) is 22.9. The van der Waals surface area contributed by atoms with Gasteiger partial charge in [-0.3, -0.25) is 0 Å². The second kappa shape index (κ2) is 10.8. The van der Waals surface area contributed by atoms with Crippen LogP contribution in [0.1, 0.15) is 50.7 Å². The summed E-state index contributed by atoms with van der Waals surface area (Å²) in [6.07, 6.45) is 4.43. The van der Waals surface area contributed by atoms with Gasteiger partial charge in [0.15, 0.2) is 13.5 Å². The Balaban J connectivity index is 1.74. The number of likely N-dealkylation sites (tertiary alicyclic amines) is 1. The van der Waals surface area contributed by atoms with Crippen molar-refractivity contribution in [2.75, 3.05) is 19.3 Å². The normalized spacial score (nSPS) is 16.5. The van der Waals surface area contributed by atoms with E-state index in [1.54, 1.807) is 11.8 Å². The number of benzene rings is 2. The zero-order chi connectivity index (χ0) is 23.4. The quantitative estimate of drug-likeness (QED) is 0.241. The number of aliphatic imine (C=N–C) groups is 1. The highest BCUT2D eigenvalue weighted by molar-refractivity contribution is 8.13. The number of amidine groups is 1. The summed E-state index contributed by atoms with van der Waals surface area (Å²) in [5, 5.41) is 1.97. The smallest absolute Gasteiger partial charge is 0.192 e. The molecule has 0 atom stereocenters. The van der Waals surface area contributed by atoms with Crippen LogP contribution < -0.4 is 0 Å². The lowest BCUT2D eigenvalue weighted by atomic mass is 9.90. The SMILES string of the molecule is CS/C(=N\c1ccc(Cl)cc1CO[Si](C)(C)C(C)(C)C)N1CCC(c2ccccc2)CC1. The van der Waals surface area contributed by atoms with Gasteiger partial charge in [-0.1, -0.05) is 74.5 Å². The van der Waals surface area contributed by atoms with E-state index in [0.29, 0.717) is 12.5 Å². The second-order valence-corrected chi connectivity index (χ2v) is 16.1. The number of halogens is 1. The zero-order valence-electron chi connectivity index (χ0n) is 20.3. The number of hydrogen-bond donors (Lipinski definition) is 0. The Bertz CT molecular complexity index is 919. The van der Waals surface area contributed by atoms with Crippen molar-refractivity contribution in [1.82, 2.24) is 4.90 Å². The number of thioether (sulfide) groups is 1. The van der Waals surface area contributed by atoms with Gasteiger partial charge in [0, 0.05) is 23.7 Å². The second-order valence-electron chi connectivity index (χ2n) is 10.1. The lowest BCUT2D eigenvalue weighted by molar-refractivity contribution is 0.277. The summed E-state index contributed by atoms with van der Waals surface area (Å²) >= 11 is 8.06. The summed E-state index contributed by atoms with van der Waals surface area (Å²) < 4.78 is 6.49. The topological polar surface area (TPSA) is 24.8 Å². The van der Waals surface area contributed by atoms with Crippen LogP contribution in [-0.4, -0.2) is 37.7 Å². The maximum absolute atomic E-state index is 6.49. The minimum absolute atomic E-state index is 0.169. The van der Waals surface area contributed by atoms with Crippen molar-refractivity contribution in [3.8, 4) is 0 Å². The van der Waals surface area contributed by atoms with Gasteiger partial charge in [-0.05, 0) is 66.9 Å². The molecule has 0 radical (unpaired) electrons. The maximum atomic E-state index is 6.49. The highest BCUT2D eigenvalue weighted by Gasteiger charge is 2.37. The van der Waals surface area contributed by atoms with E-state index in [0.717, 1.165) is 47.4 Å². The number of piperidine rings is 1. The minimum atomic E-state index is -1.86. The summed E-state index contributed by atoms with van der Waals surface area (Å²) in [6.45, 7) is 14.0. The fraction of sp³-hybridized carbons (Fsp3) is 0.500. The molecule has 3 nitrogen and oxygen atoms in total. The van der Waals surface area contributed by atoms with E-state index in [4.69, 9.17) is 21.0 Å². The third-order valence-corrected chi connectivity index (χ3v) is 12.3. The van der Waals surface area contributed by atoms with Crippen LogP contribution in [0.25, 0.3) is 0 Å². The fourth-order valence-electron chi connectivity index (χ4n) is 3.73. The molecule has 3 rings (SSSR count). The molecule has 1 fully saturated rings. The molecule has 0 aromatic heterocycles. The van der Waals surface area contributed by atoms with E-state index in [9.17, 15) is 0 Å². The molecule has 6 heteroatoms. The van der Waals surface area contributed by atoms with Gasteiger partial charge < -0.3 is 9.33 Å². The molecule has 1 aliphatic rings. The first-order chi connectivity index (χ1) is 15.1.